The molecule has 0 heterocycles. The molecule has 0 amide bonds. The third kappa shape index (κ3) is 9.53. The second-order valence-electron chi connectivity index (χ2n) is 7.75. The summed E-state index contributed by atoms with van der Waals surface area (Å²) in [6.07, 6.45) is 2.12. The van der Waals surface area contributed by atoms with Gasteiger partial charge in [-0.1, -0.05) is 35.3 Å². The highest BCUT2D eigenvalue weighted by Gasteiger charge is 2.15. The Labute approximate surface area is 194 Å². The van der Waals surface area contributed by atoms with Crippen molar-refractivity contribution in [3.05, 3.63) is 59.1 Å². The molecule has 0 radical (unpaired) electrons. The number of benzene rings is 2. The molecule has 2 aromatic carbocycles. The number of halogens is 2. The first-order valence-corrected chi connectivity index (χ1v) is 10.9. The Morgan fingerprint density at radius 2 is 1.45 bits per heavy atom. The van der Waals surface area contributed by atoms with E-state index in [2.05, 4.69) is 5.16 Å². The number of hydrogen-bond acceptors (Lipinski definition) is 5. The number of ether oxygens (including phenoxy) is 3. The van der Waals surface area contributed by atoms with Crippen LogP contribution in [0, 0.1) is 0 Å². The Balaban J connectivity index is 1.92. The van der Waals surface area contributed by atoms with E-state index in [0.717, 1.165) is 17.9 Å². The van der Waals surface area contributed by atoms with Crippen molar-refractivity contribution in [2.45, 2.75) is 52.7 Å². The summed E-state index contributed by atoms with van der Waals surface area (Å²) in [6, 6.07) is 14.7. The van der Waals surface area contributed by atoms with Gasteiger partial charge in [0.15, 0.2) is 0 Å². The molecular weight excluding hydrogens is 437 g/mol. The van der Waals surface area contributed by atoms with E-state index in [-0.39, 0.29) is 16.2 Å². The van der Waals surface area contributed by atoms with E-state index in [4.69, 9.17) is 42.3 Å². The average Bonchev–Trinajstić information content (AvgIpc) is 2.70. The maximum atomic E-state index is 6.00. The second-order valence-corrected chi connectivity index (χ2v) is 8.76. The van der Waals surface area contributed by atoms with E-state index in [1.54, 1.807) is 6.08 Å². The lowest BCUT2D eigenvalue weighted by molar-refractivity contribution is -0.000873. The SMILES string of the molecule is CCC(=NOC(C)(C)C)C(C)Oc1ccc(Oc2ccc(OCC=C(Cl)Cl)cc2)cc1. The monoisotopic (exact) mass is 465 g/mol. The Morgan fingerprint density at radius 3 is 1.94 bits per heavy atom. The van der Waals surface area contributed by atoms with Crippen LogP contribution in [0.4, 0.5) is 0 Å². The van der Waals surface area contributed by atoms with Crippen molar-refractivity contribution in [3.8, 4) is 23.0 Å². The lowest BCUT2D eigenvalue weighted by Gasteiger charge is -2.20. The van der Waals surface area contributed by atoms with Crippen molar-refractivity contribution in [3.63, 3.8) is 0 Å². The van der Waals surface area contributed by atoms with Crippen molar-refractivity contribution in [1.29, 1.82) is 0 Å². The fourth-order valence-electron chi connectivity index (χ4n) is 2.42. The Kier molecular flexibility index (Phi) is 9.53. The molecule has 0 aromatic heterocycles. The molecule has 0 fully saturated rings. The van der Waals surface area contributed by atoms with Crippen LogP contribution in [-0.2, 0) is 4.84 Å². The summed E-state index contributed by atoms with van der Waals surface area (Å²) in [5.41, 5.74) is 0.514. The molecule has 1 unspecified atom stereocenters. The molecule has 1 atom stereocenters. The molecule has 0 aliphatic carbocycles. The van der Waals surface area contributed by atoms with E-state index >= 15 is 0 Å². The smallest absolute Gasteiger partial charge is 0.137 e. The molecule has 0 spiro atoms. The van der Waals surface area contributed by atoms with Crippen LogP contribution in [0.3, 0.4) is 0 Å². The summed E-state index contributed by atoms with van der Waals surface area (Å²) >= 11 is 11.1. The zero-order valence-corrected chi connectivity index (χ0v) is 20.0. The first kappa shape index (κ1) is 24.9. The molecule has 31 heavy (non-hydrogen) atoms. The van der Waals surface area contributed by atoms with Crippen molar-refractivity contribution >= 4 is 28.9 Å². The molecule has 7 heteroatoms. The molecule has 0 aliphatic heterocycles. The van der Waals surface area contributed by atoms with Crippen LogP contribution >= 0.6 is 23.2 Å². The Morgan fingerprint density at radius 1 is 0.935 bits per heavy atom. The Bertz CT molecular complexity index is 868. The van der Waals surface area contributed by atoms with Crippen LogP contribution in [0.1, 0.15) is 41.0 Å². The van der Waals surface area contributed by atoms with Crippen molar-refractivity contribution in [2.24, 2.45) is 5.16 Å². The molecule has 5 nitrogen and oxygen atoms in total. The summed E-state index contributed by atoms with van der Waals surface area (Å²) in [7, 11) is 0. The maximum Gasteiger partial charge on any atom is 0.137 e. The predicted molar refractivity (Wildman–Crippen MR) is 127 cm³/mol. The fraction of sp³-hybridized carbons (Fsp3) is 0.375. The standard InChI is InChI=1S/C24H29Cl2NO4/c1-6-22(27-31-24(3,4)5)17(2)29-19-11-13-21(14-12-19)30-20-9-7-18(8-10-20)28-16-15-23(25)26/h7-15,17H,6,16H2,1-5H3. The molecule has 0 bridgehead atoms. The van der Waals surface area contributed by atoms with Gasteiger partial charge in [-0.25, -0.2) is 0 Å². The number of nitrogens with zero attached hydrogens (tertiary/aromatic N) is 1. The zero-order chi connectivity index (χ0) is 22.9. The van der Waals surface area contributed by atoms with E-state index in [0.29, 0.717) is 23.9 Å². The maximum absolute atomic E-state index is 6.00. The number of rotatable bonds is 10. The number of oxime groups is 1. The van der Waals surface area contributed by atoms with E-state index in [1.807, 2.05) is 83.1 Å². The van der Waals surface area contributed by atoms with E-state index in [9.17, 15) is 0 Å². The minimum Gasteiger partial charge on any atom is -0.489 e. The molecule has 0 saturated carbocycles. The summed E-state index contributed by atoms with van der Waals surface area (Å²) < 4.78 is 17.6. The van der Waals surface area contributed by atoms with Gasteiger partial charge in [-0.2, -0.15) is 0 Å². The highest BCUT2D eigenvalue weighted by Crippen LogP contribution is 2.26. The van der Waals surface area contributed by atoms with Crippen LogP contribution in [0.25, 0.3) is 0 Å². The lowest BCUT2D eigenvalue weighted by Crippen LogP contribution is -2.25. The van der Waals surface area contributed by atoms with Gasteiger partial charge in [0.25, 0.3) is 0 Å². The molecule has 168 valence electrons. The van der Waals surface area contributed by atoms with Gasteiger partial charge in [-0.3, -0.25) is 0 Å². The van der Waals surface area contributed by atoms with Gasteiger partial charge in [-0.15, -0.1) is 0 Å². The van der Waals surface area contributed by atoms with Gasteiger partial charge >= 0.3 is 0 Å². The van der Waals surface area contributed by atoms with Crippen molar-refractivity contribution in [2.75, 3.05) is 6.61 Å². The van der Waals surface area contributed by atoms with E-state index < -0.39 is 0 Å². The summed E-state index contributed by atoms with van der Waals surface area (Å²) in [5, 5.41) is 4.26. The minimum absolute atomic E-state index is 0.179. The largest absolute Gasteiger partial charge is 0.489 e. The van der Waals surface area contributed by atoms with Gasteiger partial charge < -0.3 is 19.0 Å². The average molecular weight is 466 g/mol. The third-order valence-corrected chi connectivity index (χ3v) is 4.26. The third-order valence-electron chi connectivity index (χ3n) is 3.95. The summed E-state index contributed by atoms with van der Waals surface area (Å²) in [6.45, 7) is 10.2. The van der Waals surface area contributed by atoms with Crippen LogP contribution in [-0.4, -0.2) is 24.0 Å². The minimum atomic E-state index is -0.335. The van der Waals surface area contributed by atoms with Crippen LogP contribution in [0.2, 0.25) is 0 Å². The predicted octanol–water partition coefficient (Wildman–Crippen LogP) is 7.53. The molecule has 0 aliphatic rings. The van der Waals surface area contributed by atoms with Crippen LogP contribution < -0.4 is 14.2 Å². The van der Waals surface area contributed by atoms with Gasteiger partial charge in [0.2, 0.25) is 0 Å². The second kappa shape index (κ2) is 11.9. The van der Waals surface area contributed by atoms with Gasteiger partial charge in [-0.05, 0) is 88.7 Å². The Hall–Kier alpha value is -2.37. The van der Waals surface area contributed by atoms with Crippen molar-refractivity contribution in [1.82, 2.24) is 0 Å². The normalized spacial score (nSPS) is 12.7. The van der Waals surface area contributed by atoms with Crippen LogP contribution in [0.5, 0.6) is 23.0 Å². The first-order chi connectivity index (χ1) is 14.7. The lowest BCUT2D eigenvalue weighted by atomic mass is 10.2. The molecule has 0 N–H and O–H groups in total. The van der Waals surface area contributed by atoms with Crippen molar-refractivity contribution < 1.29 is 19.0 Å². The first-order valence-electron chi connectivity index (χ1n) is 10.1. The number of hydrogen-bond donors (Lipinski definition) is 0. The highest BCUT2D eigenvalue weighted by atomic mass is 35.5. The molecule has 0 saturated heterocycles. The fourth-order valence-corrected chi connectivity index (χ4v) is 2.55. The van der Waals surface area contributed by atoms with Gasteiger partial charge in [0.05, 0.1) is 5.71 Å². The summed E-state index contributed by atoms with van der Waals surface area (Å²) in [5.74, 6) is 2.82. The van der Waals surface area contributed by atoms with Gasteiger partial charge in [0.1, 0.15) is 45.8 Å². The van der Waals surface area contributed by atoms with E-state index in [1.165, 1.54) is 0 Å². The van der Waals surface area contributed by atoms with Gasteiger partial charge in [0, 0.05) is 0 Å². The zero-order valence-electron chi connectivity index (χ0n) is 18.5. The molecule has 2 rings (SSSR count). The highest BCUT2D eigenvalue weighted by molar-refractivity contribution is 6.55. The quantitative estimate of drug-likeness (QED) is 0.268. The van der Waals surface area contributed by atoms with Crippen LogP contribution in [0.15, 0.2) is 64.3 Å². The topological polar surface area (TPSA) is 49.3 Å². The summed E-state index contributed by atoms with van der Waals surface area (Å²) in [4.78, 5) is 5.53. The molecular formula is C24H29Cl2NO4. The molecule has 2 aromatic rings.